The number of nitrogens with one attached hydrogen (secondary N) is 2. The van der Waals surface area contributed by atoms with Gasteiger partial charge in [0.15, 0.2) is 5.11 Å². The van der Waals surface area contributed by atoms with E-state index in [4.69, 9.17) is 12.2 Å². The van der Waals surface area contributed by atoms with Crippen molar-refractivity contribution < 1.29 is 0 Å². The largest absolute Gasteiger partial charge is 0.359 e. The standard InChI is InChI=1S/C15H27N3S/c1-11-7-6-8-12(2)14(11)17-18-15(19)16-13-9-4-3-5-10-13/h11-13H,3-10H2,1-2H3,(H2,16,18,19)/t11-,12-/m0/s1. The molecule has 0 saturated heterocycles. The highest BCUT2D eigenvalue weighted by atomic mass is 32.1. The molecule has 2 N–H and O–H groups in total. The van der Waals surface area contributed by atoms with Crippen molar-refractivity contribution in [1.82, 2.24) is 10.7 Å². The Morgan fingerprint density at radius 3 is 2.26 bits per heavy atom. The van der Waals surface area contributed by atoms with Gasteiger partial charge in [-0.3, -0.25) is 5.43 Å². The molecule has 3 nitrogen and oxygen atoms in total. The first-order valence-corrected chi connectivity index (χ1v) is 8.21. The lowest BCUT2D eigenvalue weighted by Gasteiger charge is -2.27. The van der Waals surface area contributed by atoms with Crippen LogP contribution in [-0.4, -0.2) is 16.9 Å². The minimum Gasteiger partial charge on any atom is -0.359 e. The summed E-state index contributed by atoms with van der Waals surface area (Å²) in [7, 11) is 0. The molecule has 0 amide bonds. The number of hydrogen-bond acceptors (Lipinski definition) is 2. The van der Waals surface area contributed by atoms with E-state index >= 15 is 0 Å². The fourth-order valence-electron chi connectivity index (χ4n) is 3.31. The number of rotatable bonds is 2. The second kappa shape index (κ2) is 7.22. The van der Waals surface area contributed by atoms with E-state index in [2.05, 4.69) is 29.7 Å². The van der Waals surface area contributed by atoms with Crippen LogP contribution in [0.2, 0.25) is 0 Å². The molecule has 2 aliphatic carbocycles. The van der Waals surface area contributed by atoms with Gasteiger partial charge in [-0.25, -0.2) is 0 Å². The molecule has 2 atom stereocenters. The van der Waals surface area contributed by atoms with Crippen molar-refractivity contribution in [3.8, 4) is 0 Å². The van der Waals surface area contributed by atoms with Gasteiger partial charge in [0.2, 0.25) is 0 Å². The molecule has 2 rings (SSSR count). The van der Waals surface area contributed by atoms with E-state index in [1.165, 1.54) is 57.1 Å². The monoisotopic (exact) mass is 281 g/mol. The molecule has 4 heteroatoms. The van der Waals surface area contributed by atoms with E-state index in [-0.39, 0.29) is 0 Å². The van der Waals surface area contributed by atoms with Crippen LogP contribution >= 0.6 is 12.2 Å². The van der Waals surface area contributed by atoms with Crippen LogP contribution in [0, 0.1) is 11.8 Å². The van der Waals surface area contributed by atoms with Gasteiger partial charge in [0.25, 0.3) is 0 Å². The Morgan fingerprint density at radius 2 is 1.63 bits per heavy atom. The summed E-state index contributed by atoms with van der Waals surface area (Å²) >= 11 is 5.35. The third-order valence-corrected chi connectivity index (χ3v) is 4.72. The van der Waals surface area contributed by atoms with Crippen LogP contribution in [0.15, 0.2) is 5.10 Å². The van der Waals surface area contributed by atoms with Gasteiger partial charge in [-0.05, 0) is 49.7 Å². The van der Waals surface area contributed by atoms with Crippen LogP contribution in [-0.2, 0) is 0 Å². The zero-order valence-corrected chi connectivity index (χ0v) is 13.1. The SMILES string of the molecule is C[C@H]1CCC[C@H](C)C1=NNC(=S)NC1CCCCC1. The molecule has 2 fully saturated rings. The summed E-state index contributed by atoms with van der Waals surface area (Å²) in [6, 6.07) is 0.551. The predicted octanol–water partition coefficient (Wildman–Crippen LogP) is 3.60. The highest BCUT2D eigenvalue weighted by molar-refractivity contribution is 7.80. The molecule has 0 unspecified atom stereocenters. The zero-order valence-electron chi connectivity index (χ0n) is 12.2. The maximum absolute atomic E-state index is 5.35. The third kappa shape index (κ3) is 4.44. The van der Waals surface area contributed by atoms with E-state index in [0.717, 1.165) is 0 Å². The molecule has 0 aliphatic heterocycles. The van der Waals surface area contributed by atoms with Gasteiger partial charge in [-0.2, -0.15) is 5.10 Å². The lowest BCUT2D eigenvalue weighted by Crippen LogP contribution is -2.41. The van der Waals surface area contributed by atoms with Crippen molar-refractivity contribution in [3.63, 3.8) is 0 Å². The molecular formula is C15H27N3S. The third-order valence-electron chi connectivity index (χ3n) is 4.51. The minimum absolute atomic E-state index is 0.551. The van der Waals surface area contributed by atoms with Crippen molar-refractivity contribution in [2.24, 2.45) is 16.9 Å². The molecule has 2 aliphatic rings. The predicted molar refractivity (Wildman–Crippen MR) is 85.4 cm³/mol. The number of hydrazone groups is 1. The van der Waals surface area contributed by atoms with Gasteiger partial charge >= 0.3 is 0 Å². The Morgan fingerprint density at radius 1 is 1.00 bits per heavy atom. The molecular weight excluding hydrogens is 254 g/mol. The maximum Gasteiger partial charge on any atom is 0.187 e. The first-order chi connectivity index (χ1) is 9.16. The Hall–Kier alpha value is -0.640. The smallest absolute Gasteiger partial charge is 0.187 e. The first kappa shape index (κ1) is 14.8. The average Bonchev–Trinajstić information content (AvgIpc) is 2.39. The van der Waals surface area contributed by atoms with Crippen LogP contribution in [0.25, 0.3) is 0 Å². The Kier molecular flexibility index (Phi) is 5.61. The quantitative estimate of drug-likeness (QED) is 0.600. The summed E-state index contributed by atoms with van der Waals surface area (Å²) in [5, 5.41) is 8.67. The fraction of sp³-hybridized carbons (Fsp3) is 0.867. The van der Waals surface area contributed by atoms with Crippen molar-refractivity contribution in [1.29, 1.82) is 0 Å². The first-order valence-electron chi connectivity index (χ1n) is 7.81. The van der Waals surface area contributed by atoms with E-state index in [1.807, 2.05) is 0 Å². The normalized spacial score (nSPS) is 28.8. The Balaban J connectivity index is 1.80. The summed E-state index contributed by atoms with van der Waals surface area (Å²) in [6.07, 6.45) is 10.3. The molecule has 0 aromatic heterocycles. The van der Waals surface area contributed by atoms with E-state index in [9.17, 15) is 0 Å². The lowest BCUT2D eigenvalue weighted by atomic mass is 9.81. The van der Waals surface area contributed by atoms with Gasteiger partial charge in [-0.1, -0.05) is 39.5 Å². The second-order valence-corrected chi connectivity index (χ2v) is 6.60. The maximum atomic E-state index is 5.35. The van der Waals surface area contributed by atoms with Crippen molar-refractivity contribution in [3.05, 3.63) is 0 Å². The second-order valence-electron chi connectivity index (χ2n) is 6.19. The van der Waals surface area contributed by atoms with Gasteiger partial charge in [0.05, 0.1) is 0 Å². The highest BCUT2D eigenvalue weighted by Crippen LogP contribution is 2.25. The van der Waals surface area contributed by atoms with Gasteiger partial charge in [-0.15, -0.1) is 0 Å². The van der Waals surface area contributed by atoms with Crippen LogP contribution < -0.4 is 10.7 Å². The zero-order chi connectivity index (χ0) is 13.7. The van der Waals surface area contributed by atoms with Crippen LogP contribution in [0.1, 0.15) is 65.2 Å². The minimum atomic E-state index is 0.551. The molecule has 108 valence electrons. The molecule has 0 radical (unpaired) electrons. The Labute approximate surface area is 122 Å². The summed E-state index contributed by atoms with van der Waals surface area (Å²) in [4.78, 5) is 0. The van der Waals surface area contributed by atoms with Crippen molar-refractivity contribution in [2.75, 3.05) is 0 Å². The lowest BCUT2D eigenvalue weighted by molar-refractivity contribution is 0.412. The molecule has 0 aromatic rings. The fourth-order valence-corrected chi connectivity index (χ4v) is 3.52. The van der Waals surface area contributed by atoms with Crippen molar-refractivity contribution in [2.45, 2.75) is 71.3 Å². The molecule has 0 heterocycles. The Bertz CT molecular complexity index is 322. The molecule has 0 bridgehead atoms. The van der Waals surface area contributed by atoms with Crippen LogP contribution in [0.5, 0.6) is 0 Å². The summed E-state index contributed by atoms with van der Waals surface area (Å²) < 4.78 is 0. The molecule has 0 spiro atoms. The van der Waals surface area contributed by atoms with E-state index in [1.54, 1.807) is 0 Å². The van der Waals surface area contributed by atoms with Crippen molar-refractivity contribution >= 4 is 23.0 Å². The number of hydrogen-bond donors (Lipinski definition) is 2. The van der Waals surface area contributed by atoms with E-state index < -0.39 is 0 Å². The summed E-state index contributed by atoms with van der Waals surface area (Å²) in [5.41, 5.74) is 4.36. The van der Waals surface area contributed by atoms with Crippen LogP contribution in [0.3, 0.4) is 0 Å². The van der Waals surface area contributed by atoms with Gasteiger partial charge in [0.1, 0.15) is 0 Å². The summed E-state index contributed by atoms with van der Waals surface area (Å²) in [6.45, 7) is 4.54. The van der Waals surface area contributed by atoms with Gasteiger partial charge < -0.3 is 5.32 Å². The molecule has 0 aromatic carbocycles. The number of nitrogens with zero attached hydrogens (tertiary/aromatic N) is 1. The topological polar surface area (TPSA) is 36.4 Å². The van der Waals surface area contributed by atoms with Gasteiger partial charge in [0, 0.05) is 11.8 Å². The highest BCUT2D eigenvalue weighted by Gasteiger charge is 2.23. The average molecular weight is 281 g/mol. The number of thiocarbonyl (C=S) groups is 1. The molecule has 19 heavy (non-hydrogen) atoms. The van der Waals surface area contributed by atoms with Crippen LogP contribution in [0.4, 0.5) is 0 Å². The molecule has 2 saturated carbocycles. The van der Waals surface area contributed by atoms with E-state index in [0.29, 0.717) is 23.0 Å². The summed E-state index contributed by atoms with van der Waals surface area (Å²) in [5.74, 6) is 1.18.